The molecule has 0 bridgehead atoms. The van der Waals surface area contributed by atoms with Crippen LogP contribution in [-0.4, -0.2) is 41.3 Å². The van der Waals surface area contributed by atoms with Gasteiger partial charge in [0, 0.05) is 25.9 Å². The maximum atomic E-state index is 12.7. The molecule has 1 aliphatic rings. The molecule has 2 rings (SSSR count). The lowest BCUT2D eigenvalue weighted by Crippen LogP contribution is -2.40. The van der Waals surface area contributed by atoms with Crippen molar-refractivity contribution in [3.05, 3.63) is 18.2 Å². The van der Waals surface area contributed by atoms with Crippen molar-refractivity contribution >= 4 is 11.9 Å². The summed E-state index contributed by atoms with van der Waals surface area (Å²) >= 11 is 0. The molecule has 0 N–H and O–H groups in total. The van der Waals surface area contributed by atoms with Gasteiger partial charge in [-0.05, 0) is 0 Å². The lowest BCUT2D eigenvalue weighted by Gasteiger charge is -2.31. The van der Waals surface area contributed by atoms with Crippen molar-refractivity contribution in [2.75, 3.05) is 18.0 Å². The normalized spacial score (nSPS) is 17.1. The van der Waals surface area contributed by atoms with Crippen LogP contribution in [0.1, 0.15) is 12.8 Å². The van der Waals surface area contributed by atoms with Gasteiger partial charge in [-0.15, -0.1) is 0 Å². The topological polar surface area (TPSA) is 55.3 Å². The molecule has 0 saturated carbocycles. The molecule has 20 heavy (non-hydrogen) atoms. The highest BCUT2D eigenvalue weighted by molar-refractivity contribution is 5.75. The fraction of sp³-hybridized carbons (Fsp3) is 0.545. The van der Waals surface area contributed by atoms with E-state index in [0.29, 0.717) is 19.0 Å². The molecule has 5 nitrogen and oxygen atoms in total. The number of rotatable bonds is 2. The van der Waals surface area contributed by atoms with Gasteiger partial charge in [-0.3, -0.25) is 0 Å². The SMILES string of the molecule is O=C(OC1CCN(c2ncc(F)cn2)CC1)C(F)(F)F. The van der Waals surface area contributed by atoms with Crippen LogP contribution >= 0.6 is 0 Å². The molecule has 0 aromatic carbocycles. The van der Waals surface area contributed by atoms with Crippen LogP contribution in [0.2, 0.25) is 0 Å². The molecule has 1 saturated heterocycles. The summed E-state index contributed by atoms with van der Waals surface area (Å²) in [7, 11) is 0. The van der Waals surface area contributed by atoms with E-state index >= 15 is 0 Å². The predicted octanol–water partition coefficient (Wildman–Crippen LogP) is 1.69. The fourth-order valence-electron chi connectivity index (χ4n) is 1.86. The maximum absolute atomic E-state index is 12.7. The number of halogens is 4. The van der Waals surface area contributed by atoms with Crippen molar-refractivity contribution in [3.8, 4) is 0 Å². The third-order valence-corrected chi connectivity index (χ3v) is 2.84. The summed E-state index contributed by atoms with van der Waals surface area (Å²) in [6, 6.07) is 0. The van der Waals surface area contributed by atoms with Gasteiger partial charge in [-0.25, -0.2) is 19.2 Å². The zero-order chi connectivity index (χ0) is 14.8. The van der Waals surface area contributed by atoms with Crippen LogP contribution in [0, 0.1) is 5.82 Å². The Balaban J connectivity index is 1.86. The van der Waals surface area contributed by atoms with Gasteiger partial charge in [0.1, 0.15) is 6.10 Å². The van der Waals surface area contributed by atoms with E-state index in [4.69, 9.17) is 0 Å². The number of ether oxygens (including phenoxy) is 1. The average molecular weight is 293 g/mol. The minimum atomic E-state index is -4.97. The molecular formula is C11H11F4N3O2. The zero-order valence-electron chi connectivity index (χ0n) is 10.2. The summed E-state index contributed by atoms with van der Waals surface area (Å²) in [5.41, 5.74) is 0. The zero-order valence-corrected chi connectivity index (χ0v) is 10.2. The third kappa shape index (κ3) is 3.55. The molecule has 110 valence electrons. The molecule has 0 amide bonds. The number of piperidine rings is 1. The smallest absolute Gasteiger partial charge is 0.456 e. The van der Waals surface area contributed by atoms with E-state index in [-0.39, 0.29) is 12.8 Å². The Labute approximate surface area is 111 Å². The van der Waals surface area contributed by atoms with E-state index in [1.165, 1.54) is 0 Å². The molecule has 2 heterocycles. The third-order valence-electron chi connectivity index (χ3n) is 2.84. The summed E-state index contributed by atoms with van der Waals surface area (Å²) in [5, 5.41) is 0. The lowest BCUT2D eigenvalue weighted by atomic mass is 10.1. The van der Waals surface area contributed by atoms with Gasteiger partial charge in [0.05, 0.1) is 12.4 Å². The van der Waals surface area contributed by atoms with E-state index in [2.05, 4.69) is 14.7 Å². The largest absolute Gasteiger partial charge is 0.490 e. The van der Waals surface area contributed by atoms with Crippen LogP contribution in [0.25, 0.3) is 0 Å². The van der Waals surface area contributed by atoms with Crippen molar-refractivity contribution in [1.82, 2.24) is 9.97 Å². The minimum absolute atomic E-state index is 0.239. The van der Waals surface area contributed by atoms with Gasteiger partial charge >= 0.3 is 12.1 Å². The number of aromatic nitrogens is 2. The number of carbonyl (C=O) groups excluding carboxylic acids is 1. The van der Waals surface area contributed by atoms with Gasteiger partial charge < -0.3 is 9.64 Å². The molecule has 1 aromatic heterocycles. The Hall–Kier alpha value is -1.93. The molecule has 0 radical (unpaired) electrons. The summed E-state index contributed by atoms with van der Waals surface area (Å²) in [4.78, 5) is 19.9. The Morgan fingerprint density at radius 3 is 2.30 bits per heavy atom. The number of esters is 1. The second-order valence-corrected chi connectivity index (χ2v) is 4.29. The van der Waals surface area contributed by atoms with Crippen LogP contribution in [0.3, 0.4) is 0 Å². The van der Waals surface area contributed by atoms with E-state index in [1.54, 1.807) is 4.90 Å². The number of anilines is 1. The molecule has 0 unspecified atom stereocenters. The van der Waals surface area contributed by atoms with Crippen molar-refractivity contribution in [1.29, 1.82) is 0 Å². The molecule has 9 heteroatoms. The second kappa shape index (κ2) is 5.59. The number of nitrogens with zero attached hydrogens (tertiary/aromatic N) is 3. The van der Waals surface area contributed by atoms with Gasteiger partial charge in [0.25, 0.3) is 0 Å². The summed E-state index contributed by atoms with van der Waals surface area (Å²) in [5.74, 6) is -2.44. The van der Waals surface area contributed by atoms with Gasteiger partial charge in [-0.2, -0.15) is 13.2 Å². The maximum Gasteiger partial charge on any atom is 0.490 e. The number of hydrogen-bond donors (Lipinski definition) is 0. The van der Waals surface area contributed by atoms with Crippen molar-refractivity contribution in [3.63, 3.8) is 0 Å². The highest BCUT2D eigenvalue weighted by Crippen LogP contribution is 2.22. The van der Waals surface area contributed by atoms with E-state index in [1.807, 2.05) is 0 Å². The first-order valence-electron chi connectivity index (χ1n) is 5.86. The fourth-order valence-corrected chi connectivity index (χ4v) is 1.86. The second-order valence-electron chi connectivity index (χ2n) is 4.29. The molecule has 1 aliphatic heterocycles. The molecule has 0 aliphatic carbocycles. The molecule has 0 atom stereocenters. The van der Waals surface area contributed by atoms with Crippen LogP contribution in [0.15, 0.2) is 12.4 Å². The van der Waals surface area contributed by atoms with Crippen molar-refractivity contribution in [2.45, 2.75) is 25.1 Å². The standard InChI is InChI=1S/C11H11F4N3O2/c12-7-5-16-10(17-6-7)18-3-1-8(2-4-18)20-9(19)11(13,14)15/h5-6,8H,1-4H2. The van der Waals surface area contributed by atoms with Crippen LogP contribution in [0.5, 0.6) is 0 Å². The number of hydrogen-bond acceptors (Lipinski definition) is 5. The highest BCUT2D eigenvalue weighted by Gasteiger charge is 2.42. The van der Waals surface area contributed by atoms with Gasteiger partial charge in [0.2, 0.25) is 5.95 Å². The summed E-state index contributed by atoms with van der Waals surface area (Å²) < 4.78 is 53.2. The first-order chi connectivity index (χ1) is 9.36. The van der Waals surface area contributed by atoms with Crippen molar-refractivity contribution in [2.24, 2.45) is 0 Å². The van der Waals surface area contributed by atoms with E-state index in [0.717, 1.165) is 12.4 Å². The summed E-state index contributed by atoms with van der Waals surface area (Å²) in [6.07, 6.45) is -3.25. The molecule has 1 aromatic rings. The van der Waals surface area contributed by atoms with Crippen LogP contribution < -0.4 is 4.90 Å². The van der Waals surface area contributed by atoms with Crippen molar-refractivity contribution < 1.29 is 27.1 Å². The molecule has 0 spiro atoms. The van der Waals surface area contributed by atoms with Crippen LogP contribution in [0.4, 0.5) is 23.5 Å². The van der Waals surface area contributed by atoms with Gasteiger partial charge in [-0.1, -0.05) is 0 Å². The first kappa shape index (κ1) is 14.5. The van der Waals surface area contributed by atoms with Crippen LogP contribution in [-0.2, 0) is 9.53 Å². The summed E-state index contributed by atoms with van der Waals surface area (Å²) in [6.45, 7) is 0.670. The van der Waals surface area contributed by atoms with E-state index in [9.17, 15) is 22.4 Å². The lowest BCUT2D eigenvalue weighted by molar-refractivity contribution is -0.205. The highest BCUT2D eigenvalue weighted by atomic mass is 19.4. The Kier molecular flexibility index (Phi) is 4.05. The average Bonchev–Trinajstić information content (AvgIpc) is 2.39. The Morgan fingerprint density at radius 2 is 1.80 bits per heavy atom. The number of carbonyl (C=O) groups is 1. The Bertz CT molecular complexity index is 470. The quantitative estimate of drug-likeness (QED) is 0.613. The number of alkyl halides is 3. The predicted molar refractivity (Wildman–Crippen MR) is 59.4 cm³/mol. The minimum Gasteiger partial charge on any atom is -0.456 e. The monoisotopic (exact) mass is 293 g/mol. The Morgan fingerprint density at radius 1 is 1.25 bits per heavy atom. The van der Waals surface area contributed by atoms with E-state index < -0.39 is 24.1 Å². The molecular weight excluding hydrogens is 282 g/mol. The first-order valence-corrected chi connectivity index (χ1v) is 5.86. The molecule has 1 fully saturated rings. The van der Waals surface area contributed by atoms with Gasteiger partial charge in [0.15, 0.2) is 5.82 Å².